The van der Waals surface area contributed by atoms with E-state index in [2.05, 4.69) is 10.6 Å². The number of nitrogens with zero attached hydrogens (tertiary/aromatic N) is 1. The maximum absolute atomic E-state index is 7.93. The summed E-state index contributed by atoms with van der Waals surface area (Å²) in [6, 6.07) is 35.1. The van der Waals surface area contributed by atoms with Gasteiger partial charge >= 0.3 is 0 Å². The van der Waals surface area contributed by atoms with Gasteiger partial charge < -0.3 is 16.4 Å². The van der Waals surface area contributed by atoms with Crippen molar-refractivity contribution in [1.29, 1.82) is 10.8 Å². The summed E-state index contributed by atoms with van der Waals surface area (Å²) in [5.41, 5.74) is 11.5. The molecule has 172 valence electrons. The van der Waals surface area contributed by atoms with Gasteiger partial charge in [0.15, 0.2) is 11.9 Å². The van der Waals surface area contributed by atoms with Crippen LogP contribution in [0.1, 0.15) is 11.1 Å². The largest absolute Gasteiger partial charge is 0.369 e. The molecule has 0 amide bonds. The molecule has 0 radical (unpaired) electrons. The van der Waals surface area contributed by atoms with Crippen molar-refractivity contribution in [2.45, 2.75) is 13.8 Å². The zero-order valence-corrected chi connectivity index (χ0v) is 19.4. The molecule has 0 aliphatic rings. The van der Waals surface area contributed by atoms with Gasteiger partial charge in [0.1, 0.15) is 0 Å². The molecule has 0 spiro atoms. The van der Waals surface area contributed by atoms with Gasteiger partial charge in [-0.3, -0.25) is 15.7 Å². The highest BCUT2D eigenvalue weighted by molar-refractivity contribution is 6.02. The molecular formula is C28H30N6. The van der Waals surface area contributed by atoms with Crippen LogP contribution in [0.15, 0.2) is 109 Å². The van der Waals surface area contributed by atoms with Crippen LogP contribution in [0.5, 0.6) is 0 Å². The Morgan fingerprint density at radius 3 is 1.29 bits per heavy atom. The van der Waals surface area contributed by atoms with E-state index in [-0.39, 0.29) is 11.9 Å². The van der Waals surface area contributed by atoms with E-state index < -0.39 is 0 Å². The molecule has 4 rings (SSSR count). The number of anilines is 4. The zero-order valence-electron chi connectivity index (χ0n) is 19.4. The van der Waals surface area contributed by atoms with E-state index in [1.807, 2.05) is 123 Å². The van der Waals surface area contributed by atoms with Gasteiger partial charge in [-0.25, -0.2) is 0 Å². The molecule has 0 saturated heterocycles. The topological polar surface area (TPSA) is 101 Å². The number of guanidine groups is 2. The predicted octanol–water partition coefficient (Wildman–Crippen LogP) is 6.48. The first-order valence-electron chi connectivity index (χ1n) is 10.9. The Hall–Kier alpha value is -4.58. The summed E-state index contributed by atoms with van der Waals surface area (Å²) in [7, 11) is 0. The molecule has 0 aliphatic carbocycles. The van der Waals surface area contributed by atoms with Crippen LogP contribution in [0.2, 0.25) is 0 Å². The molecule has 0 aromatic heterocycles. The number of para-hydroxylation sites is 4. The predicted molar refractivity (Wildman–Crippen MR) is 144 cm³/mol. The second-order valence-electron chi connectivity index (χ2n) is 7.65. The standard InChI is InChI=1S/C15H17N3.C13H13N3/c1-11-7-3-5-9-13(11)17-15(16)18-14-10-6-4-8-12(14)2;14-13(15)16(11-7-3-1-4-8-11)12-9-5-2-6-10-12/h3-10H,1-2H3,(H3,16,17,18);1-10H,(H3,14,15). The molecule has 6 N–H and O–H groups in total. The lowest BCUT2D eigenvalue weighted by molar-refractivity contribution is 1.26. The van der Waals surface area contributed by atoms with Gasteiger partial charge in [0, 0.05) is 22.7 Å². The minimum Gasteiger partial charge on any atom is -0.369 e. The highest BCUT2D eigenvalue weighted by Gasteiger charge is 2.10. The van der Waals surface area contributed by atoms with Crippen LogP contribution < -0.4 is 21.3 Å². The Bertz CT molecular complexity index is 1130. The number of hydrogen-bond acceptors (Lipinski definition) is 2. The molecular weight excluding hydrogens is 420 g/mol. The maximum atomic E-state index is 7.93. The zero-order chi connectivity index (χ0) is 24.3. The number of rotatable bonds is 4. The molecule has 0 atom stereocenters. The number of nitrogens with two attached hydrogens (primary N) is 1. The first-order valence-corrected chi connectivity index (χ1v) is 10.9. The minimum absolute atomic E-state index is 0.0115. The van der Waals surface area contributed by atoms with E-state index in [0.29, 0.717) is 0 Å². The summed E-state index contributed by atoms with van der Waals surface area (Å²) >= 11 is 0. The van der Waals surface area contributed by atoms with Gasteiger partial charge in [-0.15, -0.1) is 0 Å². The molecule has 6 heteroatoms. The first kappa shape index (κ1) is 24.1. The molecule has 0 saturated carbocycles. The fourth-order valence-electron chi connectivity index (χ4n) is 3.31. The van der Waals surface area contributed by atoms with Gasteiger partial charge in [0.05, 0.1) is 0 Å². The Labute approximate surface area is 201 Å². The lowest BCUT2D eigenvalue weighted by atomic mass is 10.2. The SMILES string of the molecule is Cc1ccccc1NC(=N)Nc1ccccc1C.N=C(N)N(c1ccccc1)c1ccccc1. The molecule has 0 heterocycles. The van der Waals surface area contributed by atoms with Gasteiger partial charge in [-0.2, -0.15) is 0 Å². The van der Waals surface area contributed by atoms with E-state index in [0.717, 1.165) is 33.9 Å². The molecule has 0 aliphatic heterocycles. The smallest absolute Gasteiger partial charge is 0.197 e. The second-order valence-corrected chi connectivity index (χ2v) is 7.65. The van der Waals surface area contributed by atoms with Crippen molar-refractivity contribution in [2.75, 3.05) is 15.5 Å². The van der Waals surface area contributed by atoms with Crippen LogP contribution in [0.25, 0.3) is 0 Å². The summed E-state index contributed by atoms with van der Waals surface area (Å²) < 4.78 is 0. The van der Waals surface area contributed by atoms with Gasteiger partial charge in [-0.1, -0.05) is 72.8 Å². The Morgan fingerprint density at radius 2 is 0.941 bits per heavy atom. The van der Waals surface area contributed by atoms with Crippen molar-refractivity contribution in [3.8, 4) is 0 Å². The second kappa shape index (κ2) is 11.9. The minimum atomic E-state index is 0.0115. The summed E-state index contributed by atoms with van der Waals surface area (Å²) in [4.78, 5) is 1.69. The fourth-order valence-corrected chi connectivity index (χ4v) is 3.31. The van der Waals surface area contributed by atoms with Crippen LogP contribution in [0, 0.1) is 24.7 Å². The van der Waals surface area contributed by atoms with Crippen LogP contribution in [-0.4, -0.2) is 11.9 Å². The number of benzene rings is 4. The van der Waals surface area contributed by atoms with Crippen molar-refractivity contribution in [3.05, 3.63) is 120 Å². The van der Waals surface area contributed by atoms with Gasteiger partial charge in [0.2, 0.25) is 0 Å². The van der Waals surface area contributed by atoms with Crippen LogP contribution in [0.3, 0.4) is 0 Å². The van der Waals surface area contributed by atoms with Crippen LogP contribution >= 0.6 is 0 Å². The normalized spacial score (nSPS) is 9.82. The first-order chi connectivity index (χ1) is 16.5. The third-order valence-corrected chi connectivity index (χ3v) is 5.08. The summed E-state index contributed by atoms with van der Waals surface area (Å²) in [6.45, 7) is 4.03. The van der Waals surface area contributed by atoms with Crippen molar-refractivity contribution in [3.63, 3.8) is 0 Å². The molecule has 34 heavy (non-hydrogen) atoms. The van der Waals surface area contributed by atoms with Gasteiger partial charge in [-0.05, 0) is 61.4 Å². The van der Waals surface area contributed by atoms with Crippen molar-refractivity contribution in [2.24, 2.45) is 5.73 Å². The van der Waals surface area contributed by atoms with Gasteiger partial charge in [0.25, 0.3) is 0 Å². The summed E-state index contributed by atoms with van der Waals surface area (Å²) in [6.07, 6.45) is 0. The fraction of sp³-hybridized carbons (Fsp3) is 0.0714. The number of hydrogen-bond donors (Lipinski definition) is 5. The molecule has 4 aromatic rings. The van der Waals surface area contributed by atoms with Crippen LogP contribution in [-0.2, 0) is 0 Å². The summed E-state index contributed by atoms with van der Waals surface area (Å²) in [5.74, 6) is 0.288. The highest BCUT2D eigenvalue weighted by Crippen LogP contribution is 2.23. The Morgan fingerprint density at radius 1 is 0.588 bits per heavy atom. The molecule has 0 fully saturated rings. The Kier molecular flexibility index (Phi) is 8.41. The lowest BCUT2D eigenvalue weighted by Crippen LogP contribution is -2.32. The van der Waals surface area contributed by atoms with E-state index in [1.165, 1.54) is 0 Å². The van der Waals surface area contributed by atoms with Crippen molar-refractivity contribution >= 4 is 34.7 Å². The molecule has 4 aromatic carbocycles. The Balaban J connectivity index is 0.000000192. The highest BCUT2D eigenvalue weighted by atomic mass is 15.2. The van der Waals surface area contributed by atoms with Crippen molar-refractivity contribution < 1.29 is 0 Å². The molecule has 0 bridgehead atoms. The number of aryl methyl sites for hydroxylation is 2. The van der Waals surface area contributed by atoms with E-state index in [1.54, 1.807) is 4.90 Å². The monoisotopic (exact) mass is 450 g/mol. The van der Waals surface area contributed by atoms with Crippen LogP contribution in [0.4, 0.5) is 22.7 Å². The molecule has 0 unspecified atom stereocenters. The van der Waals surface area contributed by atoms with Crippen molar-refractivity contribution in [1.82, 2.24) is 0 Å². The summed E-state index contributed by atoms with van der Waals surface area (Å²) in [5, 5.41) is 21.7. The maximum Gasteiger partial charge on any atom is 0.197 e. The van der Waals surface area contributed by atoms with E-state index in [9.17, 15) is 0 Å². The van der Waals surface area contributed by atoms with E-state index in [4.69, 9.17) is 16.6 Å². The third kappa shape index (κ3) is 6.71. The average molecular weight is 451 g/mol. The molecule has 6 nitrogen and oxygen atoms in total. The quantitative estimate of drug-likeness (QED) is 0.181. The lowest BCUT2D eigenvalue weighted by Gasteiger charge is -2.22. The van der Waals surface area contributed by atoms with E-state index >= 15 is 0 Å². The average Bonchev–Trinajstić information content (AvgIpc) is 2.84. The third-order valence-electron chi connectivity index (χ3n) is 5.08. The number of nitrogens with one attached hydrogen (secondary N) is 4.